The number of benzene rings is 2. The standard InChI is InChI=1S/C25H32N2O4/c1-3-30-24-14-8-7-13-22(24)23(26-19(2)28)16-25(29)27-15-9-10-20(17-27)18-31-21-11-5-4-6-12-21/h4-8,11-14,20,23H,3,9-10,15-18H2,1-2H3,(H,26,28). The summed E-state index contributed by atoms with van der Waals surface area (Å²) in [5.74, 6) is 1.72. The maximum Gasteiger partial charge on any atom is 0.225 e. The van der Waals surface area contributed by atoms with Gasteiger partial charge in [-0.05, 0) is 38.0 Å². The molecular weight excluding hydrogens is 392 g/mol. The summed E-state index contributed by atoms with van der Waals surface area (Å²) in [6, 6.07) is 16.9. The molecule has 2 amide bonds. The maximum atomic E-state index is 13.1. The number of rotatable bonds is 9. The molecule has 2 atom stereocenters. The van der Waals surface area contributed by atoms with Crippen LogP contribution >= 0.6 is 0 Å². The second kappa shape index (κ2) is 11.4. The molecular formula is C25H32N2O4. The van der Waals surface area contributed by atoms with Crippen molar-refractivity contribution in [3.05, 3.63) is 60.2 Å². The topological polar surface area (TPSA) is 67.9 Å². The molecule has 6 nitrogen and oxygen atoms in total. The predicted molar refractivity (Wildman–Crippen MR) is 120 cm³/mol. The van der Waals surface area contributed by atoms with Crippen molar-refractivity contribution in [2.45, 2.75) is 39.2 Å². The normalized spacial score (nSPS) is 17.0. The highest BCUT2D eigenvalue weighted by atomic mass is 16.5. The summed E-state index contributed by atoms with van der Waals surface area (Å²) in [5.41, 5.74) is 0.828. The lowest BCUT2D eigenvalue weighted by Gasteiger charge is -2.34. The van der Waals surface area contributed by atoms with Gasteiger partial charge in [0, 0.05) is 31.5 Å². The summed E-state index contributed by atoms with van der Waals surface area (Å²) in [6.07, 6.45) is 2.20. The smallest absolute Gasteiger partial charge is 0.225 e. The number of hydrogen-bond acceptors (Lipinski definition) is 4. The molecule has 1 N–H and O–H groups in total. The summed E-state index contributed by atoms with van der Waals surface area (Å²) in [5, 5.41) is 2.93. The van der Waals surface area contributed by atoms with Crippen molar-refractivity contribution in [2.24, 2.45) is 5.92 Å². The number of amides is 2. The van der Waals surface area contributed by atoms with Gasteiger partial charge in [-0.1, -0.05) is 36.4 Å². The van der Waals surface area contributed by atoms with Crippen LogP contribution < -0.4 is 14.8 Å². The van der Waals surface area contributed by atoms with Crippen molar-refractivity contribution in [3.8, 4) is 11.5 Å². The number of nitrogens with one attached hydrogen (secondary N) is 1. The second-order valence-electron chi connectivity index (χ2n) is 7.90. The average Bonchev–Trinajstić information content (AvgIpc) is 2.78. The van der Waals surface area contributed by atoms with Crippen LogP contribution in [0.25, 0.3) is 0 Å². The first-order chi connectivity index (χ1) is 15.1. The van der Waals surface area contributed by atoms with E-state index in [0.29, 0.717) is 31.4 Å². The van der Waals surface area contributed by atoms with Gasteiger partial charge in [-0.15, -0.1) is 0 Å². The minimum Gasteiger partial charge on any atom is -0.494 e. The minimum absolute atomic E-state index is 0.0365. The Morgan fingerprint density at radius 3 is 2.58 bits per heavy atom. The third kappa shape index (κ3) is 6.74. The molecule has 0 aliphatic carbocycles. The van der Waals surface area contributed by atoms with Crippen molar-refractivity contribution in [1.29, 1.82) is 0 Å². The Morgan fingerprint density at radius 2 is 1.84 bits per heavy atom. The summed E-state index contributed by atoms with van der Waals surface area (Å²) >= 11 is 0. The van der Waals surface area contributed by atoms with Crippen LogP contribution in [0.4, 0.5) is 0 Å². The molecule has 0 bridgehead atoms. The van der Waals surface area contributed by atoms with E-state index in [0.717, 1.165) is 30.7 Å². The fourth-order valence-corrected chi connectivity index (χ4v) is 4.00. The Kier molecular flexibility index (Phi) is 8.33. The molecule has 1 saturated heterocycles. The quantitative estimate of drug-likeness (QED) is 0.661. The van der Waals surface area contributed by atoms with E-state index in [9.17, 15) is 9.59 Å². The molecule has 0 radical (unpaired) electrons. The van der Waals surface area contributed by atoms with Gasteiger partial charge in [0.25, 0.3) is 0 Å². The van der Waals surface area contributed by atoms with E-state index in [1.165, 1.54) is 6.92 Å². The van der Waals surface area contributed by atoms with Gasteiger partial charge in [-0.3, -0.25) is 9.59 Å². The van der Waals surface area contributed by atoms with E-state index in [1.807, 2.05) is 66.4 Å². The van der Waals surface area contributed by atoms with Crippen molar-refractivity contribution >= 4 is 11.8 Å². The third-order valence-electron chi connectivity index (χ3n) is 5.45. The van der Waals surface area contributed by atoms with Crippen LogP contribution in [0.15, 0.2) is 54.6 Å². The highest BCUT2D eigenvalue weighted by molar-refractivity contribution is 5.79. The molecule has 2 unspecified atom stereocenters. The predicted octanol–water partition coefficient (Wildman–Crippen LogP) is 3.97. The van der Waals surface area contributed by atoms with Gasteiger partial charge in [0.15, 0.2) is 0 Å². The molecule has 2 aromatic rings. The van der Waals surface area contributed by atoms with Crippen LogP contribution in [0, 0.1) is 5.92 Å². The number of carbonyl (C=O) groups excluding carboxylic acids is 2. The van der Waals surface area contributed by atoms with Gasteiger partial charge in [0.1, 0.15) is 11.5 Å². The van der Waals surface area contributed by atoms with Crippen molar-refractivity contribution < 1.29 is 19.1 Å². The van der Waals surface area contributed by atoms with E-state index < -0.39 is 6.04 Å². The van der Waals surface area contributed by atoms with Crippen molar-refractivity contribution in [2.75, 3.05) is 26.3 Å². The van der Waals surface area contributed by atoms with Crippen LogP contribution in [-0.2, 0) is 9.59 Å². The van der Waals surface area contributed by atoms with Gasteiger partial charge in [-0.2, -0.15) is 0 Å². The summed E-state index contributed by atoms with van der Waals surface area (Å²) in [7, 11) is 0. The number of ether oxygens (including phenoxy) is 2. The lowest BCUT2D eigenvalue weighted by molar-refractivity contribution is -0.134. The number of nitrogens with zero attached hydrogens (tertiary/aromatic N) is 1. The first-order valence-corrected chi connectivity index (χ1v) is 11.0. The summed E-state index contributed by atoms with van der Waals surface area (Å²) in [4.78, 5) is 26.9. The zero-order valence-corrected chi connectivity index (χ0v) is 18.4. The molecule has 0 aromatic heterocycles. The Hall–Kier alpha value is -3.02. The lowest BCUT2D eigenvalue weighted by atomic mass is 9.97. The Morgan fingerprint density at radius 1 is 1.10 bits per heavy atom. The van der Waals surface area contributed by atoms with Gasteiger partial charge >= 0.3 is 0 Å². The Labute approximate surface area is 184 Å². The van der Waals surface area contributed by atoms with Gasteiger partial charge < -0.3 is 19.7 Å². The first-order valence-electron chi connectivity index (χ1n) is 11.0. The Balaban J connectivity index is 1.63. The average molecular weight is 425 g/mol. The van der Waals surface area contributed by atoms with Crippen molar-refractivity contribution in [1.82, 2.24) is 10.2 Å². The molecule has 0 spiro atoms. The highest BCUT2D eigenvalue weighted by Gasteiger charge is 2.28. The molecule has 1 aliphatic heterocycles. The molecule has 31 heavy (non-hydrogen) atoms. The SMILES string of the molecule is CCOc1ccccc1C(CC(=O)N1CCCC(COc2ccccc2)C1)NC(C)=O. The largest absolute Gasteiger partial charge is 0.494 e. The number of para-hydroxylation sites is 2. The summed E-state index contributed by atoms with van der Waals surface area (Å²) < 4.78 is 11.6. The third-order valence-corrected chi connectivity index (χ3v) is 5.45. The molecule has 1 heterocycles. The fourth-order valence-electron chi connectivity index (χ4n) is 4.00. The second-order valence-corrected chi connectivity index (χ2v) is 7.90. The van der Waals surface area contributed by atoms with Crippen molar-refractivity contribution in [3.63, 3.8) is 0 Å². The van der Waals surface area contributed by atoms with E-state index in [1.54, 1.807) is 0 Å². The first kappa shape index (κ1) is 22.7. The zero-order valence-electron chi connectivity index (χ0n) is 18.4. The summed E-state index contributed by atoms with van der Waals surface area (Å²) in [6.45, 7) is 5.91. The molecule has 3 rings (SSSR count). The minimum atomic E-state index is -0.423. The van der Waals surface area contributed by atoms with E-state index in [2.05, 4.69) is 5.32 Å². The fraction of sp³-hybridized carbons (Fsp3) is 0.440. The van der Waals surface area contributed by atoms with E-state index in [-0.39, 0.29) is 18.2 Å². The van der Waals surface area contributed by atoms with Crippen LogP contribution in [0.2, 0.25) is 0 Å². The van der Waals surface area contributed by atoms with Gasteiger partial charge in [-0.25, -0.2) is 0 Å². The van der Waals surface area contributed by atoms with E-state index >= 15 is 0 Å². The number of piperidine rings is 1. The molecule has 166 valence electrons. The van der Waals surface area contributed by atoms with Gasteiger partial charge in [0.05, 0.1) is 25.7 Å². The van der Waals surface area contributed by atoms with Crippen LogP contribution in [-0.4, -0.2) is 43.0 Å². The number of likely N-dealkylation sites (tertiary alicyclic amines) is 1. The molecule has 1 aliphatic rings. The highest BCUT2D eigenvalue weighted by Crippen LogP contribution is 2.29. The lowest BCUT2D eigenvalue weighted by Crippen LogP contribution is -2.43. The van der Waals surface area contributed by atoms with Crippen LogP contribution in [0.3, 0.4) is 0 Å². The molecule has 0 saturated carbocycles. The zero-order chi connectivity index (χ0) is 22.1. The monoisotopic (exact) mass is 424 g/mol. The van der Waals surface area contributed by atoms with E-state index in [4.69, 9.17) is 9.47 Å². The Bertz CT molecular complexity index is 856. The van der Waals surface area contributed by atoms with Crippen LogP contribution in [0.5, 0.6) is 11.5 Å². The van der Waals surface area contributed by atoms with Gasteiger partial charge in [0.2, 0.25) is 11.8 Å². The molecule has 1 fully saturated rings. The van der Waals surface area contributed by atoms with Crippen LogP contribution in [0.1, 0.15) is 44.7 Å². The molecule has 6 heteroatoms. The maximum absolute atomic E-state index is 13.1. The number of carbonyl (C=O) groups is 2. The number of hydrogen-bond donors (Lipinski definition) is 1. The molecule has 2 aromatic carbocycles.